The molecule has 10 nitrogen and oxygen atoms in total. The predicted octanol–water partition coefficient (Wildman–Crippen LogP) is 2.72. The summed E-state index contributed by atoms with van der Waals surface area (Å²) in [7, 11) is -4.03. The molecule has 2 aliphatic carbocycles. The highest BCUT2D eigenvalue weighted by atomic mass is 31.2. The van der Waals surface area contributed by atoms with Crippen LogP contribution in [0, 0.1) is 17.8 Å². The highest BCUT2D eigenvalue weighted by Gasteiger charge is 2.55. The maximum absolute atomic E-state index is 13.6. The third-order valence-corrected chi connectivity index (χ3v) is 8.10. The lowest BCUT2D eigenvalue weighted by Crippen LogP contribution is -2.63. The van der Waals surface area contributed by atoms with E-state index >= 15 is 0 Å². The first kappa shape index (κ1) is 24.5. The van der Waals surface area contributed by atoms with Gasteiger partial charge < -0.3 is 29.5 Å². The summed E-state index contributed by atoms with van der Waals surface area (Å²) in [6.45, 7) is 4.31. The number of carbonyl (C=O) groups is 1. The molecule has 2 saturated heterocycles. The predicted molar refractivity (Wildman–Crippen MR) is 116 cm³/mol. The van der Waals surface area contributed by atoms with E-state index in [9.17, 15) is 19.6 Å². The molecule has 0 aromatic rings. The number of aliphatic hydroxyl groups excluding tert-OH is 2. The molecule has 4 rings (SSSR count). The summed E-state index contributed by atoms with van der Waals surface area (Å²) in [5.74, 6) is -1.09. The van der Waals surface area contributed by atoms with Crippen LogP contribution in [0.25, 0.3) is 0 Å². The number of piperidine rings is 1. The SMILES string of the molecule is CCCCOP(=O)(OCCCC)OC1=C2OCOC2=CC2C1C(=O)NC1C(O)C(O)CCC21. The molecule has 3 fully saturated rings. The number of ether oxygens (including phenoxy) is 2. The third-order valence-electron chi connectivity index (χ3n) is 6.69. The van der Waals surface area contributed by atoms with Gasteiger partial charge in [0.1, 0.15) is 12.0 Å². The van der Waals surface area contributed by atoms with Crippen molar-refractivity contribution in [2.45, 2.75) is 70.6 Å². The zero-order chi connectivity index (χ0) is 23.6. The maximum Gasteiger partial charge on any atom is 0.529 e. The van der Waals surface area contributed by atoms with Crippen LogP contribution < -0.4 is 5.32 Å². The van der Waals surface area contributed by atoms with E-state index in [0.717, 1.165) is 12.8 Å². The number of nitrogens with one attached hydrogen (secondary N) is 1. The van der Waals surface area contributed by atoms with Gasteiger partial charge in [-0.1, -0.05) is 26.7 Å². The van der Waals surface area contributed by atoms with Crippen molar-refractivity contribution >= 4 is 13.7 Å². The van der Waals surface area contributed by atoms with Gasteiger partial charge in [-0.15, -0.1) is 0 Å². The van der Waals surface area contributed by atoms with Gasteiger partial charge in [0.15, 0.2) is 11.5 Å². The Bertz CT molecular complexity index is 830. The van der Waals surface area contributed by atoms with Crippen LogP contribution in [0.15, 0.2) is 23.4 Å². The van der Waals surface area contributed by atoms with Crippen molar-refractivity contribution in [3.63, 3.8) is 0 Å². The molecule has 6 atom stereocenters. The molecule has 186 valence electrons. The lowest BCUT2D eigenvalue weighted by atomic mass is 9.65. The zero-order valence-electron chi connectivity index (χ0n) is 19.1. The molecule has 0 bridgehead atoms. The highest BCUT2D eigenvalue weighted by molar-refractivity contribution is 7.48. The number of aliphatic hydroxyl groups is 2. The van der Waals surface area contributed by atoms with E-state index in [0.29, 0.717) is 31.4 Å². The smallest absolute Gasteiger partial charge is 0.454 e. The van der Waals surface area contributed by atoms with Crippen LogP contribution in [0.5, 0.6) is 0 Å². The van der Waals surface area contributed by atoms with Crippen LogP contribution in [0.4, 0.5) is 0 Å². The Balaban J connectivity index is 1.64. The first-order chi connectivity index (χ1) is 15.9. The van der Waals surface area contributed by atoms with E-state index in [1.165, 1.54) is 0 Å². The summed E-state index contributed by atoms with van der Waals surface area (Å²) in [5.41, 5.74) is 0. The monoisotopic (exact) mass is 487 g/mol. The van der Waals surface area contributed by atoms with Crippen LogP contribution >= 0.6 is 7.82 Å². The number of hydrogen-bond acceptors (Lipinski definition) is 9. The molecule has 1 saturated carbocycles. The zero-order valence-corrected chi connectivity index (χ0v) is 20.0. The quantitative estimate of drug-likeness (QED) is 0.314. The number of phosphoric ester groups is 1. The van der Waals surface area contributed by atoms with Crippen LogP contribution in [-0.4, -0.2) is 54.4 Å². The van der Waals surface area contributed by atoms with Crippen molar-refractivity contribution in [1.82, 2.24) is 5.32 Å². The van der Waals surface area contributed by atoms with E-state index in [1.54, 1.807) is 0 Å². The van der Waals surface area contributed by atoms with Crippen molar-refractivity contribution in [2.75, 3.05) is 20.0 Å². The number of hydrogen-bond donors (Lipinski definition) is 3. The second kappa shape index (κ2) is 10.4. The fraction of sp³-hybridized carbons (Fsp3) is 0.773. The summed E-state index contributed by atoms with van der Waals surface area (Å²) < 4.78 is 41.8. The van der Waals surface area contributed by atoms with Crippen LogP contribution in [0.3, 0.4) is 0 Å². The minimum atomic E-state index is -4.03. The van der Waals surface area contributed by atoms with Gasteiger partial charge in [0, 0.05) is 5.92 Å². The van der Waals surface area contributed by atoms with Gasteiger partial charge in [-0.05, 0) is 37.7 Å². The Morgan fingerprint density at radius 3 is 2.48 bits per heavy atom. The van der Waals surface area contributed by atoms with E-state index < -0.39 is 37.9 Å². The molecule has 11 heteroatoms. The molecule has 0 aromatic heterocycles. The Labute approximate surface area is 193 Å². The molecule has 3 N–H and O–H groups in total. The summed E-state index contributed by atoms with van der Waals surface area (Å²) in [6.07, 6.45) is 3.91. The summed E-state index contributed by atoms with van der Waals surface area (Å²) in [5, 5.41) is 23.4. The number of phosphoric acid groups is 1. The van der Waals surface area contributed by atoms with E-state index in [4.69, 9.17) is 23.0 Å². The van der Waals surface area contributed by atoms with Crippen molar-refractivity contribution in [3.05, 3.63) is 23.4 Å². The second-order valence-corrected chi connectivity index (χ2v) is 10.5. The van der Waals surface area contributed by atoms with Crippen LogP contribution in [0.2, 0.25) is 0 Å². The van der Waals surface area contributed by atoms with E-state index in [-0.39, 0.29) is 43.4 Å². The molecule has 33 heavy (non-hydrogen) atoms. The number of unbranched alkanes of at least 4 members (excludes halogenated alkanes) is 2. The van der Waals surface area contributed by atoms with Crippen molar-refractivity contribution in [3.8, 4) is 0 Å². The molecule has 4 aliphatic rings. The Hall–Kier alpha value is -1.58. The average Bonchev–Trinajstić information content (AvgIpc) is 3.26. The van der Waals surface area contributed by atoms with Crippen LogP contribution in [0.1, 0.15) is 52.4 Å². The highest BCUT2D eigenvalue weighted by Crippen LogP contribution is 2.57. The van der Waals surface area contributed by atoms with Crippen molar-refractivity contribution in [1.29, 1.82) is 0 Å². The summed E-state index contributed by atoms with van der Waals surface area (Å²) in [4.78, 5) is 13.2. The number of fused-ring (bicyclic) bond motifs is 4. The van der Waals surface area contributed by atoms with Gasteiger partial charge >= 0.3 is 7.82 Å². The van der Waals surface area contributed by atoms with Gasteiger partial charge in [-0.25, -0.2) is 4.57 Å². The minimum absolute atomic E-state index is 0.0534. The number of carbonyl (C=O) groups excluding carboxylic acids is 1. The number of allylic oxidation sites excluding steroid dienone is 1. The van der Waals surface area contributed by atoms with Crippen molar-refractivity contribution < 1.29 is 42.6 Å². The fourth-order valence-corrected chi connectivity index (χ4v) is 6.21. The summed E-state index contributed by atoms with van der Waals surface area (Å²) >= 11 is 0. The first-order valence-electron chi connectivity index (χ1n) is 11.9. The normalized spacial score (nSPS) is 33.2. The molecule has 1 amide bonds. The fourth-order valence-electron chi connectivity index (χ4n) is 4.89. The molecule has 0 spiro atoms. The Kier molecular flexibility index (Phi) is 7.70. The second-order valence-electron chi connectivity index (χ2n) is 8.93. The molecule has 0 aromatic carbocycles. The lowest BCUT2D eigenvalue weighted by Gasteiger charge is -2.48. The van der Waals surface area contributed by atoms with Gasteiger partial charge in [0.2, 0.25) is 18.5 Å². The molecule has 0 radical (unpaired) electrons. The summed E-state index contributed by atoms with van der Waals surface area (Å²) in [6, 6.07) is -0.599. The standard InChI is InChI=1S/C22H34NO9P/c1-3-5-9-30-33(27,31-10-6-4-2)32-21-17-14(11-16-20(21)29-12-28-16)13-7-8-15(24)19(25)18(13)23-22(17)26/h11,13-15,17-19,24-25H,3-10,12H2,1-2H3,(H,23,26). The molecular formula is C22H34NO9P. The van der Waals surface area contributed by atoms with Gasteiger partial charge in [0.05, 0.1) is 25.4 Å². The largest absolute Gasteiger partial charge is 0.529 e. The van der Waals surface area contributed by atoms with Crippen molar-refractivity contribution in [2.24, 2.45) is 17.8 Å². The number of rotatable bonds is 10. The van der Waals surface area contributed by atoms with Gasteiger partial charge in [-0.2, -0.15) is 0 Å². The topological polar surface area (TPSA) is 133 Å². The van der Waals surface area contributed by atoms with Gasteiger partial charge in [0.25, 0.3) is 0 Å². The molecular weight excluding hydrogens is 453 g/mol. The first-order valence-corrected chi connectivity index (χ1v) is 13.3. The Morgan fingerprint density at radius 2 is 1.82 bits per heavy atom. The molecule has 6 unspecified atom stereocenters. The number of amides is 1. The molecule has 2 heterocycles. The minimum Gasteiger partial charge on any atom is -0.454 e. The van der Waals surface area contributed by atoms with E-state index in [2.05, 4.69) is 5.32 Å². The third kappa shape index (κ3) is 4.95. The lowest BCUT2D eigenvalue weighted by molar-refractivity contribution is -0.139. The average molecular weight is 487 g/mol. The van der Waals surface area contributed by atoms with Gasteiger partial charge in [-0.3, -0.25) is 13.8 Å². The van der Waals surface area contributed by atoms with Crippen LogP contribution in [-0.2, 0) is 32.4 Å². The van der Waals surface area contributed by atoms with E-state index in [1.807, 2.05) is 19.9 Å². The maximum atomic E-state index is 13.6. The molecule has 2 aliphatic heterocycles. The Morgan fingerprint density at radius 1 is 1.12 bits per heavy atom.